The van der Waals surface area contributed by atoms with Crippen molar-refractivity contribution in [3.05, 3.63) is 59.7 Å². The molecule has 106 valence electrons. The number of rotatable bonds is 4. The van der Waals surface area contributed by atoms with Crippen molar-refractivity contribution in [2.24, 2.45) is 11.5 Å². The molecule has 20 heavy (non-hydrogen) atoms. The number of aliphatic hydroxyl groups excluding tert-OH is 1. The summed E-state index contributed by atoms with van der Waals surface area (Å²) in [5.74, 6) is 0. The zero-order valence-corrected chi connectivity index (χ0v) is 11.1. The summed E-state index contributed by atoms with van der Waals surface area (Å²) in [6.07, 6.45) is -0.901. The van der Waals surface area contributed by atoms with Crippen molar-refractivity contribution in [1.82, 2.24) is 0 Å². The van der Waals surface area contributed by atoms with Crippen LogP contribution in [0.2, 0.25) is 0 Å². The topological polar surface area (TPSA) is 124 Å². The van der Waals surface area contributed by atoms with Gasteiger partial charge in [0.25, 0.3) is 0 Å². The van der Waals surface area contributed by atoms with Gasteiger partial charge < -0.3 is 28.0 Å². The van der Waals surface area contributed by atoms with Crippen LogP contribution in [-0.4, -0.2) is 11.2 Å². The Labute approximate surface area is 118 Å². The van der Waals surface area contributed by atoms with E-state index in [1.807, 2.05) is 0 Å². The first kappa shape index (κ1) is 14.3. The quantitative estimate of drug-likeness (QED) is 0.529. The molecule has 5 nitrogen and oxygen atoms in total. The number of benzene rings is 2. The molecule has 5 heteroatoms. The third-order valence-electron chi connectivity index (χ3n) is 3.38. The molecule has 9 N–H and O–H groups in total. The van der Waals surface area contributed by atoms with Crippen LogP contribution in [0.15, 0.2) is 48.5 Å². The summed E-state index contributed by atoms with van der Waals surface area (Å²) in [4.78, 5) is 0. The molecule has 2 rings (SSSR count). The summed E-state index contributed by atoms with van der Waals surface area (Å²) in [5, 5.41) is 10.3. The minimum absolute atomic E-state index is 0.580. The SMILES string of the molecule is Nc1ccc(C(N)C(O)C(N)c2ccc(N)cc2)cc1. The zero-order valence-electron chi connectivity index (χ0n) is 11.1. The second kappa shape index (κ2) is 5.92. The lowest BCUT2D eigenvalue weighted by molar-refractivity contribution is 0.116. The number of hydrogen-bond donors (Lipinski definition) is 5. The van der Waals surface area contributed by atoms with Crippen LogP contribution in [0, 0.1) is 0 Å². The molecular weight excluding hydrogens is 252 g/mol. The van der Waals surface area contributed by atoms with Gasteiger partial charge in [0.05, 0.1) is 18.2 Å². The van der Waals surface area contributed by atoms with Crippen LogP contribution >= 0.6 is 0 Å². The van der Waals surface area contributed by atoms with Gasteiger partial charge in [0.15, 0.2) is 0 Å². The molecule has 0 aliphatic heterocycles. The van der Waals surface area contributed by atoms with E-state index < -0.39 is 18.2 Å². The molecule has 2 atom stereocenters. The summed E-state index contributed by atoms with van der Waals surface area (Å²) < 4.78 is 0. The maximum atomic E-state index is 10.3. The minimum atomic E-state index is -0.901. The van der Waals surface area contributed by atoms with Gasteiger partial charge in [0.1, 0.15) is 0 Å². The van der Waals surface area contributed by atoms with Crippen LogP contribution in [0.1, 0.15) is 23.2 Å². The highest BCUT2D eigenvalue weighted by Gasteiger charge is 2.24. The van der Waals surface area contributed by atoms with Gasteiger partial charge in [-0.25, -0.2) is 0 Å². The Morgan fingerprint density at radius 2 is 0.950 bits per heavy atom. The fourth-order valence-electron chi connectivity index (χ4n) is 2.05. The zero-order chi connectivity index (χ0) is 14.7. The first-order valence-electron chi connectivity index (χ1n) is 6.39. The van der Waals surface area contributed by atoms with Gasteiger partial charge in [0.2, 0.25) is 0 Å². The van der Waals surface area contributed by atoms with Crippen LogP contribution in [0.25, 0.3) is 0 Å². The van der Waals surface area contributed by atoms with E-state index in [-0.39, 0.29) is 0 Å². The highest BCUT2D eigenvalue weighted by Crippen LogP contribution is 2.24. The highest BCUT2D eigenvalue weighted by atomic mass is 16.3. The van der Waals surface area contributed by atoms with E-state index in [9.17, 15) is 5.11 Å². The van der Waals surface area contributed by atoms with Gasteiger partial charge in [-0.3, -0.25) is 0 Å². The summed E-state index contributed by atoms with van der Waals surface area (Å²) in [6, 6.07) is 13.0. The molecule has 0 heterocycles. The first-order chi connectivity index (χ1) is 9.49. The second-order valence-corrected chi connectivity index (χ2v) is 4.88. The molecule has 0 saturated heterocycles. The summed E-state index contributed by atoms with van der Waals surface area (Å²) in [6.45, 7) is 0. The number of nitrogen functional groups attached to an aromatic ring is 2. The molecule has 0 aliphatic carbocycles. The fourth-order valence-corrected chi connectivity index (χ4v) is 2.05. The third kappa shape index (κ3) is 3.08. The Kier molecular flexibility index (Phi) is 4.24. The molecule has 0 amide bonds. The third-order valence-corrected chi connectivity index (χ3v) is 3.38. The lowest BCUT2D eigenvalue weighted by Gasteiger charge is -2.25. The largest absolute Gasteiger partial charge is 0.399 e. The summed E-state index contributed by atoms with van der Waals surface area (Å²) in [7, 11) is 0. The fraction of sp³-hybridized carbons (Fsp3) is 0.200. The smallest absolute Gasteiger partial charge is 0.0924 e. The van der Waals surface area contributed by atoms with E-state index in [0.717, 1.165) is 11.1 Å². The van der Waals surface area contributed by atoms with Gasteiger partial charge in [0, 0.05) is 11.4 Å². The molecular formula is C15H20N4O. The predicted octanol–water partition coefficient (Wildman–Crippen LogP) is 0.912. The Morgan fingerprint density at radius 1 is 0.650 bits per heavy atom. The molecule has 0 aromatic heterocycles. The van der Waals surface area contributed by atoms with E-state index in [1.165, 1.54) is 0 Å². The average Bonchev–Trinajstić information content (AvgIpc) is 2.46. The van der Waals surface area contributed by atoms with Crippen LogP contribution in [-0.2, 0) is 0 Å². The summed E-state index contributed by atoms with van der Waals surface area (Å²) in [5.41, 5.74) is 26.3. The molecule has 2 aromatic rings. The van der Waals surface area contributed by atoms with Crippen LogP contribution in [0.5, 0.6) is 0 Å². The molecule has 0 saturated carbocycles. The number of anilines is 2. The Bertz CT molecular complexity index is 502. The van der Waals surface area contributed by atoms with Crippen molar-refractivity contribution < 1.29 is 5.11 Å². The van der Waals surface area contributed by atoms with E-state index in [2.05, 4.69) is 0 Å². The maximum absolute atomic E-state index is 10.3. The standard InChI is InChI=1S/C15H20N4O/c16-11-5-1-9(2-6-11)13(18)15(20)14(19)10-3-7-12(17)8-4-10/h1-8,13-15,20H,16-19H2. The van der Waals surface area contributed by atoms with Gasteiger partial charge in [-0.1, -0.05) is 24.3 Å². The Balaban J connectivity index is 2.15. The van der Waals surface area contributed by atoms with Crippen LogP contribution in [0.4, 0.5) is 11.4 Å². The van der Waals surface area contributed by atoms with Crippen LogP contribution in [0.3, 0.4) is 0 Å². The lowest BCUT2D eigenvalue weighted by atomic mass is 9.93. The van der Waals surface area contributed by atoms with E-state index >= 15 is 0 Å². The number of hydrogen-bond acceptors (Lipinski definition) is 5. The van der Waals surface area contributed by atoms with Crippen molar-refractivity contribution in [3.63, 3.8) is 0 Å². The van der Waals surface area contributed by atoms with E-state index in [1.54, 1.807) is 48.5 Å². The molecule has 0 spiro atoms. The van der Waals surface area contributed by atoms with E-state index in [4.69, 9.17) is 22.9 Å². The molecule has 0 bridgehead atoms. The van der Waals surface area contributed by atoms with Gasteiger partial charge in [-0.15, -0.1) is 0 Å². The molecule has 0 fully saturated rings. The molecule has 0 aliphatic rings. The average molecular weight is 272 g/mol. The normalized spacial score (nSPS) is 15.6. The monoisotopic (exact) mass is 272 g/mol. The van der Waals surface area contributed by atoms with Crippen molar-refractivity contribution in [3.8, 4) is 0 Å². The van der Waals surface area contributed by atoms with E-state index in [0.29, 0.717) is 11.4 Å². The first-order valence-corrected chi connectivity index (χ1v) is 6.39. The van der Waals surface area contributed by atoms with Crippen molar-refractivity contribution in [2.45, 2.75) is 18.2 Å². The second-order valence-electron chi connectivity index (χ2n) is 4.88. The highest BCUT2D eigenvalue weighted by molar-refractivity contribution is 5.42. The minimum Gasteiger partial charge on any atom is -0.399 e. The lowest BCUT2D eigenvalue weighted by Crippen LogP contribution is -2.36. The maximum Gasteiger partial charge on any atom is 0.0924 e. The van der Waals surface area contributed by atoms with Crippen molar-refractivity contribution in [2.75, 3.05) is 11.5 Å². The van der Waals surface area contributed by atoms with Gasteiger partial charge in [-0.2, -0.15) is 0 Å². The van der Waals surface area contributed by atoms with Crippen molar-refractivity contribution >= 4 is 11.4 Å². The summed E-state index contributed by atoms with van der Waals surface area (Å²) >= 11 is 0. The Hall–Kier alpha value is -2.08. The van der Waals surface area contributed by atoms with Crippen LogP contribution < -0.4 is 22.9 Å². The molecule has 2 aromatic carbocycles. The van der Waals surface area contributed by atoms with Gasteiger partial charge >= 0.3 is 0 Å². The predicted molar refractivity (Wildman–Crippen MR) is 81.6 cm³/mol. The Morgan fingerprint density at radius 3 is 1.25 bits per heavy atom. The molecule has 0 radical (unpaired) electrons. The van der Waals surface area contributed by atoms with Crippen molar-refractivity contribution in [1.29, 1.82) is 0 Å². The van der Waals surface area contributed by atoms with Gasteiger partial charge in [-0.05, 0) is 35.4 Å². The number of aliphatic hydroxyl groups is 1. The number of nitrogens with two attached hydrogens (primary N) is 4. The molecule has 2 unspecified atom stereocenters.